The van der Waals surface area contributed by atoms with Crippen molar-refractivity contribution < 1.29 is 9.59 Å². The summed E-state index contributed by atoms with van der Waals surface area (Å²) >= 11 is 0. The van der Waals surface area contributed by atoms with Gasteiger partial charge in [-0.15, -0.1) is 0 Å². The summed E-state index contributed by atoms with van der Waals surface area (Å²) in [5, 5.41) is 8.65. The molecule has 30 heavy (non-hydrogen) atoms. The van der Waals surface area contributed by atoms with Crippen molar-refractivity contribution in [3.8, 4) is 0 Å². The van der Waals surface area contributed by atoms with E-state index in [1.807, 2.05) is 48.6 Å². The van der Waals surface area contributed by atoms with Gasteiger partial charge in [-0.2, -0.15) is 21.8 Å². The van der Waals surface area contributed by atoms with Gasteiger partial charge in [0.1, 0.15) is 0 Å². The molecule has 0 saturated heterocycles. The maximum atomic E-state index is 11.7. The van der Waals surface area contributed by atoms with Gasteiger partial charge in [-0.1, -0.05) is 45.9 Å². The quantitative estimate of drug-likeness (QED) is 0.317. The second kappa shape index (κ2) is 9.26. The third kappa shape index (κ3) is 4.57. The Morgan fingerprint density at radius 2 is 1.00 bits per heavy atom. The fourth-order valence-corrected chi connectivity index (χ4v) is 9.58. The highest BCUT2D eigenvalue weighted by atomic mass is 33.1. The maximum Gasteiger partial charge on any atom is 0.248 e. The molecule has 0 saturated carbocycles. The zero-order valence-corrected chi connectivity index (χ0v) is 19.2. The van der Waals surface area contributed by atoms with Crippen molar-refractivity contribution in [3.63, 3.8) is 0 Å². The molecule has 0 radical (unpaired) electrons. The Morgan fingerprint density at radius 3 is 1.33 bits per heavy atom. The molecule has 154 valence electrons. The molecule has 0 aliphatic carbocycles. The molecule has 0 bridgehead atoms. The molecule has 2 aromatic rings. The molecule has 2 aliphatic rings. The molecule has 0 aromatic heterocycles. The Labute approximate surface area is 188 Å². The van der Waals surface area contributed by atoms with E-state index < -0.39 is 33.6 Å². The Bertz CT molecular complexity index is 1020. The minimum Gasteiger partial charge on any atom is -0.366 e. The first-order valence-corrected chi connectivity index (χ1v) is 14.1. The van der Waals surface area contributed by atoms with Crippen molar-refractivity contribution in [2.24, 2.45) is 11.5 Å². The van der Waals surface area contributed by atoms with Gasteiger partial charge in [0.2, 0.25) is 11.8 Å². The first kappa shape index (κ1) is 21.0. The lowest BCUT2D eigenvalue weighted by Crippen LogP contribution is -2.11. The lowest BCUT2D eigenvalue weighted by molar-refractivity contribution is 0.0991. The second-order valence-electron chi connectivity index (χ2n) is 6.44. The van der Waals surface area contributed by atoms with E-state index in [9.17, 15) is 9.59 Å². The SMILES string of the molecule is NC(=O)c1ccc(SSc2ccc(C(N)=O)cc2[SH]2C=CC=C2)c([SH]2C=CC=C2)c1. The number of rotatable bonds is 7. The van der Waals surface area contributed by atoms with Crippen molar-refractivity contribution >= 4 is 55.2 Å². The van der Waals surface area contributed by atoms with Crippen LogP contribution in [0.4, 0.5) is 0 Å². The van der Waals surface area contributed by atoms with Crippen molar-refractivity contribution in [2.45, 2.75) is 19.6 Å². The van der Waals surface area contributed by atoms with Crippen molar-refractivity contribution in [2.75, 3.05) is 0 Å². The van der Waals surface area contributed by atoms with E-state index in [0.717, 1.165) is 19.6 Å². The number of carbonyl (C=O) groups excluding carboxylic acids is 2. The van der Waals surface area contributed by atoms with Gasteiger partial charge in [-0.25, -0.2) is 0 Å². The normalized spacial score (nSPS) is 16.5. The van der Waals surface area contributed by atoms with Crippen LogP contribution >= 0.6 is 43.4 Å². The fourth-order valence-electron chi connectivity index (χ4n) is 2.97. The molecular weight excluding hydrogens is 453 g/mol. The number of allylic oxidation sites excluding steroid dienone is 4. The molecule has 0 fully saturated rings. The van der Waals surface area contributed by atoms with Crippen LogP contribution in [0.3, 0.4) is 0 Å². The number of thiol groups is 2. The van der Waals surface area contributed by atoms with Gasteiger partial charge in [0.05, 0.1) is 0 Å². The van der Waals surface area contributed by atoms with Gasteiger partial charge in [-0.3, -0.25) is 9.59 Å². The first-order valence-electron chi connectivity index (χ1n) is 9.02. The predicted octanol–water partition coefficient (Wildman–Crippen LogP) is 5.49. The summed E-state index contributed by atoms with van der Waals surface area (Å²) in [6.07, 6.45) is 8.14. The number of hydrogen-bond acceptors (Lipinski definition) is 4. The van der Waals surface area contributed by atoms with Crippen molar-refractivity contribution in [3.05, 3.63) is 93.5 Å². The van der Waals surface area contributed by atoms with Crippen LogP contribution < -0.4 is 11.5 Å². The number of amides is 2. The Kier molecular flexibility index (Phi) is 6.48. The summed E-state index contributed by atoms with van der Waals surface area (Å²) < 4.78 is 0. The smallest absolute Gasteiger partial charge is 0.248 e. The average Bonchev–Trinajstić information content (AvgIpc) is 3.46. The van der Waals surface area contributed by atoms with Crippen LogP contribution in [0.15, 0.2) is 102 Å². The highest BCUT2D eigenvalue weighted by Crippen LogP contribution is 2.53. The minimum atomic E-state index is -0.595. The second-order valence-corrected chi connectivity index (χ2v) is 12.4. The Morgan fingerprint density at radius 1 is 0.633 bits per heavy atom. The third-order valence-electron chi connectivity index (χ3n) is 4.47. The highest BCUT2D eigenvalue weighted by Gasteiger charge is 2.17. The van der Waals surface area contributed by atoms with Gasteiger partial charge < -0.3 is 11.5 Å². The molecule has 2 heterocycles. The van der Waals surface area contributed by atoms with Crippen LogP contribution in [0.2, 0.25) is 0 Å². The summed E-state index contributed by atoms with van der Waals surface area (Å²) in [5.41, 5.74) is 12.0. The fraction of sp³-hybridized carbons (Fsp3) is 0. The molecule has 2 amide bonds. The molecule has 4 nitrogen and oxygen atoms in total. The molecular formula is C22H20N2O2S4. The van der Waals surface area contributed by atoms with Crippen molar-refractivity contribution in [1.29, 1.82) is 0 Å². The summed E-state index contributed by atoms with van der Waals surface area (Å²) in [6.45, 7) is 0. The van der Waals surface area contributed by atoms with Crippen molar-refractivity contribution in [1.82, 2.24) is 0 Å². The van der Waals surface area contributed by atoms with Crippen LogP contribution in [0.25, 0.3) is 0 Å². The third-order valence-corrected chi connectivity index (χ3v) is 11.1. The first-order chi connectivity index (χ1) is 14.5. The van der Waals surface area contributed by atoms with E-state index in [2.05, 4.69) is 21.6 Å². The lowest BCUT2D eigenvalue weighted by Gasteiger charge is -2.19. The largest absolute Gasteiger partial charge is 0.366 e. The number of nitrogens with two attached hydrogens (primary N) is 2. The van der Waals surface area contributed by atoms with E-state index in [1.54, 1.807) is 33.7 Å². The van der Waals surface area contributed by atoms with Crippen LogP contribution in [0, 0.1) is 0 Å². The molecule has 8 heteroatoms. The van der Waals surface area contributed by atoms with Crippen LogP contribution in [0.5, 0.6) is 0 Å². The molecule has 2 aliphatic heterocycles. The van der Waals surface area contributed by atoms with Crippen LogP contribution in [-0.4, -0.2) is 11.8 Å². The zero-order chi connectivity index (χ0) is 21.1. The van der Waals surface area contributed by atoms with E-state index in [0.29, 0.717) is 11.1 Å². The van der Waals surface area contributed by atoms with Gasteiger partial charge in [0, 0.05) is 30.7 Å². The van der Waals surface area contributed by atoms with E-state index >= 15 is 0 Å². The standard InChI is InChI=1S/C22H20N2O2S4/c23-21(25)15-5-7-17(19(13-15)29-9-1-2-10-29)27-28-18-8-6-16(22(24)26)14-20(18)30-11-3-4-12-30/h1-14,29-30H,(H2,23,25)(H2,24,26). The summed E-state index contributed by atoms with van der Waals surface area (Å²) in [4.78, 5) is 27.8. The van der Waals surface area contributed by atoms with E-state index in [1.165, 1.54) is 0 Å². The zero-order valence-electron chi connectivity index (χ0n) is 15.8. The Balaban J connectivity index is 1.65. The maximum absolute atomic E-state index is 11.7. The van der Waals surface area contributed by atoms with Gasteiger partial charge >= 0.3 is 0 Å². The minimum absolute atomic E-state index is 0.422. The molecule has 0 unspecified atom stereocenters. The summed E-state index contributed by atoms with van der Waals surface area (Å²) in [6, 6.07) is 11.3. The van der Waals surface area contributed by atoms with E-state index in [-0.39, 0.29) is 0 Å². The highest BCUT2D eigenvalue weighted by molar-refractivity contribution is 8.76. The molecule has 2 aromatic carbocycles. The van der Waals surface area contributed by atoms with Crippen LogP contribution in [-0.2, 0) is 0 Å². The number of primary amides is 2. The number of benzene rings is 2. The van der Waals surface area contributed by atoms with Gasteiger partial charge in [0.25, 0.3) is 0 Å². The van der Waals surface area contributed by atoms with Gasteiger partial charge in [-0.05, 0) is 58.0 Å². The number of hydrogen-bond donors (Lipinski definition) is 4. The van der Waals surface area contributed by atoms with E-state index in [4.69, 9.17) is 11.5 Å². The molecule has 0 spiro atoms. The number of carbonyl (C=O) groups is 2. The molecule has 0 atom stereocenters. The average molecular weight is 473 g/mol. The molecule has 4 N–H and O–H groups in total. The lowest BCUT2D eigenvalue weighted by atomic mass is 10.2. The monoisotopic (exact) mass is 472 g/mol. The topological polar surface area (TPSA) is 86.2 Å². The predicted molar refractivity (Wildman–Crippen MR) is 133 cm³/mol. The summed E-state index contributed by atoms with van der Waals surface area (Å²) in [5.74, 6) is -0.843. The summed E-state index contributed by atoms with van der Waals surface area (Å²) in [7, 11) is 2.12. The van der Waals surface area contributed by atoms with Crippen LogP contribution in [0.1, 0.15) is 20.7 Å². The van der Waals surface area contributed by atoms with Gasteiger partial charge in [0.15, 0.2) is 0 Å². The Hall–Kier alpha value is -2.26. The molecule has 4 rings (SSSR count).